The molecule has 1 rings (SSSR count). The molecule has 0 unspecified atom stereocenters. The number of rotatable bonds is 3. The van der Waals surface area contributed by atoms with Crippen LogP contribution in [0.1, 0.15) is 5.56 Å². The van der Waals surface area contributed by atoms with E-state index in [0.717, 1.165) is 15.8 Å². The van der Waals surface area contributed by atoms with Crippen molar-refractivity contribution in [1.82, 2.24) is 4.98 Å². The lowest BCUT2D eigenvalue weighted by molar-refractivity contribution is 0.411. The average molecular weight is 243 g/mol. The van der Waals surface area contributed by atoms with E-state index in [1.165, 1.54) is 0 Å². The maximum absolute atomic E-state index is 5.36. The van der Waals surface area contributed by atoms with Crippen molar-refractivity contribution >= 4 is 22.0 Å². The molecule has 2 N–H and O–H groups in total. The minimum atomic E-state index is 0.512. The Kier molecular flexibility index (Phi) is 3.92. The van der Waals surface area contributed by atoms with Gasteiger partial charge in [-0.3, -0.25) is 4.98 Å². The summed E-state index contributed by atoms with van der Waals surface area (Å²) >= 11 is 3.38. The molecule has 0 atom stereocenters. The van der Waals surface area contributed by atoms with Crippen LogP contribution in [0.4, 0.5) is 0 Å². The molecule has 0 radical (unpaired) electrons. The monoisotopic (exact) mass is 242 g/mol. The van der Waals surface area contributed by atoms with Crippen molar-refractivity contribution < 1.29 is 4.74 Å². The van der Waals surface area contributed by atoms with E-state index in [1.807, 2.05) is 12.2 Å². The van der Waals surface area contributed by atoms with Crippen molar-refractivity contribution in [3.63, 3.8) is 0 Å². The molecule has 0 amide bonds. The Labute approximate surface area is 85.7 Å². The van der Waals surface area contributed by atoms with Gasteiger partial charge in [-0.2, -0.15) is 0 Å². The van der Waals surface area contributed by atoms with E-state index in [9.17, 15) is 0 Å². The summed E-state index contributed by atoms with van der Waals surface area (Å²) in [5.41, 5.74) is 6.32. The minimum Gasteiger partial charge on any atom is -0.494 e. The maximum atomic E-state index is 5.36. The summed E-state index contributed by atoms with van der Waals surface area (Å²) in [7, 11) is 1.61. The lowest BCUT2D eigenvalue weighted by Crippen LogP contribution is -1.93. The van der Waals surface area contributed by atoms with Crippen molar-refractivity contribution in [2.24, 2.45) is 5.73 Å². The van der Waals surface area contributed by atoms with Gasteiger partial charge in [-0.1, -0.05) is 12.2 Å². The first-order valence-corrected chi connectivity index (χ1v) is 4.63. The van der Waals surface area contributed by atoms with Crippen LogP contribution in [0.3, 0.4) is 0 Å². The Morgan fingerprint density at radius 2 is 2.38 bits per heavy atom. The zero-order chi connectivity index (χ0) is 9.68. The normalized spacial score (nSPS) is 10.7. The molecule has 0 spiro atoms. The molecule has 0 bridgehead atoms. The number of nitrogens with zero attached hydrogens (tertiary/aromatic N) is 1. The highest BCUT2D eigenvalue weighted by molar-refractivity contribution is 9.10. The lowest BCUT2D eigenvalue weighted by atomic mass is 10.2. The zero-order valence-electron chi connectivity index (χ0n) is 7.33. The van der Waals surface area contributed by atoms with Gasteiger partial charge >= 0.3 is 0 Å². The molecule has 0 aliphatic heterocycles. The fraction of sp³-hybridized carbons (Fsp3) is 0.222. The highest BCUT2D eigenvalue weighted by Gasteiger charge is 2.03. The summed E-state index contributed by atoms with van der Waals surface area (Å²) < 4.78 is 6.04. The molecule has 1 heterocycles. The number of nitrogens with two attached hydrogens (primary N) is 1. The van der Waals surface area contributed by atoms with Gasteiger partial charge in [0.15, 0.2) is 0 Å². The summed E-state index contributed by atoms with van der Waals surface area (Å²) in [6.07, 6.45) is 7.16. The predicted octanol–water partition coefficient (Wildman–Crippen LogP) is 1.82. The fourth-order valence-corrected chi connectivity index (χ4v) is 1.38. The van der Waals surface area contributed by atoms with Crippen molar-refractivity contribution in [2.75, 3.05) is 13.7 Å². The van der Waals surface area contributed by atoms with Gasteiger partial charge in [0, 0.05) is 22.8 Å². The second-order valence-electron chi connectivity index (χ2n) is 2.38. The van der Waals surface area contributed by atoms with E-state index in [-0.39, 0.29) is 0 Å². The highest BCUT2D eigenvalue weighted by atomic mass is 79.9. The molecule has 4 heteroatoms. The molecule has 0 aliphatic carbocycles. The Bertz CT molecular complexity index is 312. The molecule has 13 heavy (non-hydrogen) atoms. The third kappa shape index (κ3) is 2.54. The third-order valence-electron chi connectivity index (χ3n) is 1.54. The topological polar surface area (TPSA) is 48.1 Å². The first-order chi connectivity index (χ1) is 6.29. The first kappa shape index (κ1) is 10.2. The predicted molar refractivity (Wildman–Crippen MR) is 56.6 cm³/mol. The van der Waals surface area contributed by atoms with Crippen molar-refractivity contribution in [1.29, 1.82) is 0 Å². The van der Waals surface area contributed by atoms with E-state index < -0.39 is 0 Å². The van der Waals surface area contributed by atoms with Gasteiger partial charge in [0.1, 0.15) is 5.75 Å². The summed E-state index contributed by atoms with van der Waals surface area (Å²) in [6, 6.07) is 0. The number of halogens is 1. The van der Waals surface area contributed by atoms with Crippen LogP contribution in [0.5, 0.6) is 5.75 Å². The van der Waals surface area contributed by atoms with Crippen LogP contribution < -0.4 is 10.5 Å². The van der Waals surface area contributed by atoms with Gasteiger partial charge in [-0.25, -0.2) is 0 Å². The Balaban J connectivity index is 3.07. The van der Waals surface area contributed by atoms with Crippen LogP contribution in [0.2, 0.25) is 0 Å². The average Bonchev–Trinajstić information content (AvgIpc) is 2.15. The zero-order valence-corrected chi connectivity index (χ0v) is 8.91. The fourth-order valence-electron chi connectivity index (χ4n) is 0.937. The smallest absolute Gasteiger partial charge is 0.145 e. The number of pyridine rings is 1. The molecule has 70 valence electrons. The molecule has 3 nitrogen and oxygen atoms in total. The number of methoxy groups -OCH3 is 1. The van der Waals surface area contributed by atoms with Crippen LogP contribution in [0, 0.1) is 0 Å². The van der Waals surface area contributed by atoms with Gasteiger partial charge in [-0.15, -0.1) is 0 Å². The standard InChI is InChI=1S/C9H11BrN2O/c1-13-9-6-12-5-8(10)7(9)3-2-4-11/h2-3,5-6H,4,11H2,1H3/b3-2+. The van der Waals surface area contributed by atoms with Crippen LogP contribution in [0.25, 0.3) is 6.08 Å². The van der Waals surface area contributed by atoms with Crippen LogP contribution >= 0.6 is 15.9 Å². The molecule has 1 aromatic rings. The number of hydrogen-bond acceptors (Lipinski definition) is 3. The van der Waals surface area contributed by atoms with E-state index in [2.05, 4.69) is 20.9 Å². The third-order valence-corrected chi connectivity index (χ3v) is 2.17. The minimum absolute atomic E-state index is 0.512. The van der Waals surface area contributed by atoms with E-state index in [0.29, 0.717) is 6.54 Å². The Morgan fingerprint density at radius 3 is 3.00 bits per heavy atom. The molecule has 1 aromatic heterocycles. The molecular weight excluding hydrogens is 232 g/mol. The maximum Gasteiger partial charge on any atom is 0.145 e. The van der Waals surface area contributed by atoms with E-state index in [1.54, 1.807) is 19.5 Å². The summed E-state index contributed by atoms with van der Waals surface area (Å²) in [6.45, 7) is 0.512. The van der Waals surface area contributed by atoms with Gasteiger partial charge in [-0.05, 0) is 15.9 Å². The second-order valence-corrected chi connectivity index (χ2v) is 3.23. The molecule has 0 saturated carbocycles. The van der Waals surface area contributed by atoms with Crippen molar-refractivity contribution in [3.8, 4) is 5.75 Å². The van der Waals surface area contributed by atoms with Gasteiger partial charge < -0.3 is 10.5 Å². The number of aromatic nitrogens is 1. The van der Waals surface area contributed by atoms with Crippen LogP contribution in [-0.2, 0) is 0 Å². The van der Waals surface area contributed by atoms with Crippen molar-refractivity contribution in [2.45, 2.75) is 0 Å². The van der Waals surface area contributed by atoms with Crippen LogP contribution in [0.15, 0.2) is 22.9 Å². The molecule has 0 aliphatic rings. The Hall–Kier alpha value is -0.870. The first-order valence-electron chi connectivity index (χ1n) is 3.83. The molecule has 0 fully saturated rings. The summed E-state index contributed by atoms with van der Waals surface area (Å²) in [5.74, 6) is 0.735. The number of hydrogen-bond donors (Lipinski definition) is 1. The molecule has 0 aromatic carbocycles. The second kappa shape index (κ2) is 4.99. The van der Waals surface area contributed by atoms with E-state index >= 15 is 0 Å². The summed E-state index contributed by atoms with van der Waals surface area (Å²) in [5, 5.41) is 0. The quantitative estimate of drug-likeness (QED) is 0.880. The number of ether oxygens (including phenoxy) is 1. The SMILES string of the molecule is COc1cncc(Br)c1/C=C/CN. The van der Waals surface area contributed by atoms with Gasteiger partial charge in [0.2, 0.25) is 0 Å². The van der Waals surface area contributed by atoms with Crippen molar-refractivity contribution in [3.05, 3.63) is 28.5 Å². The highest BCUT2D eigenvalue weighted by Crippen LogP contribution is 2.26. The lowest BCUT2D eigenvalue weighted by Gasteiger charge is -2.04. The van der Waals surface area contributed by atoms with Gasteiger partial charge in [0.25, 0.3) is 0 Å². The van der Waals surface area contributed by atoms with Gasteiger partial charge in [0.05, 0.1) is 13.3 Å². The largest absolute Gasteiger partial charge is 0.494 e. The van der Waals surface area contributed by atoms with Crippen LogP contribution in [-0.4, -0.2) is 18.6 Å². The Morgan fingerprint density at radius 1 is 1.62 bits per heavy atom. The molecular formula is C9H11BrN2O. The summed E-state index contributed by atoms with van der Waals surface area (Å²) in [4.78, 5) is 3.99. The molecule has 0 saturated heterocycles. The van der Waals surface area contributed by atoms with E-state index in [4.69, 9.17) is 10.5 Å².